The minimum absolute atomic E-state index is 0.0267. The van der Waals surface area contributed by atoms with Gasteiger partial charge in [0.15, 0.2) is 0 Å². The number of hydrogen-bond donors (Lipinski definition) is 2. The fourth-order valence-corrected chi connectivity index (χ4v) is 2.56. The topological polar surface area (TPSA) is 35.5 Å². The Morgan fingerprint density at radius 1 is 1.24 bits per heavy atom. The van der Waals surface area contributed by atoms with Gasteiger partial charge in [-0.05, 0) is 37.5 Å². The molecule has 1 aliphatic heterocycles. The predicted octanol–water partition coefficient (Wildman–Crippen LogP) is 2.81. The lowest BCUT2D eigenvalue weighted by molar-refractivity contribution is 0.0349. The van der Waals surface area contributed by atoms with Gasteiger partial charge in [0, 0.05) is 25.7 Å². The minimum Gasteiger partial charge on any atom is -0.390 e. The molecule has 0 atom stereocenters. The average Bonchev–Trinajstić information content (AvgIpc) is 2.37. The fraction of sp³-hybridized carbons (Fsp3) is 0.625. The van der Waals surface area contributed by atoms with Crippen LogP contribution in [-0.2, 0) is 6.54 Å². The SMILES string of the molecule is CC(C)NCc1cc(F)c(N2CCC(C)(O)CC2)c(F)c1. The first-order valence-corrected chi connectivity index (χ1v) is 7.47. The molecule has 1 aromatic rings. The summed E-state index contributed by atoms with van der Waals surface area (Å²) in [4.78, 5) is 1.68. The van der Waals surface area contributed by atoms with Crippen LogP contribution in [0.1, 0.15) is 39.2 Å². The molecule has 0 saturated carbocycles. The zero-order chi connectivity index (χ0) is 15.6. The van der Waals surface area contributed by atoms with Gasteiger partial charge in [-0.1, -0.05) is 13.8 Å². The van der Waals surface area contributed by atoms with E-state index >= 15 is 0 Å². The van der Waals surface area contributed by atoms with Gasteiger partial charge >= 0.3 is 0 Å². The van der Waals surface area contributed by atoms with Crippen LogP contribution in [0.2, 0.25) is 0 Å². The van der Waals surface area contributed by atoms with Crippen molar-refractivity contribution < 1.29 is 13.9 Å². The van der Waals surface area contributed by atoms with Gasteiger partial charge in [-0.2, -0.15) is 0 Å². The fourth-order valence-electron chi connectivity index (χ4n) is 2.56. The van der Waals surface area contributed by atoms with E-state index in [4.69, 9.17) is 0 Å². The third-order valence-corrected chi connectivity index (χ3v) is 3.95. The number of piperidine rings is 1. The normalized spacial score (nSPS) is 18.3. The highest BCUT2D eigenvalue weighted by Gasteiger charge is 2.29. The second kappa shape index (κ2) is 6.28. The van der Waals surface area contributed by atoms with Crippen LogP contribution in [0.4, 0.5) is 14.5 Å². The van der Waals surface area contributed by atoms with Crippen molar-refractivity contribution in [3.63, 3.8) is 0 Å². The van der Waals surface area contributed by atoms with Crippen LogP contribution in [0.15, 0.2) is 12.1 Å². The molecule has 0 radical (unpaired) electrons. The Balaban J connectivity index is 2.14. The van der Waals surface area contributed by atoms with Crippen molar-refractivity contribution in [2.75, 3.05) is 18.0 Å². The molecular formula is C16H24F2N2O. The predicted molar refractivity (Wildman–Crippen MR) is 80.4 cm³/mol. The molecule has 1 saturated heterocycles. The molecule has 0 spiro atoms. The van der Waals surface area contributed by atoms with E-state index in [2.05, 4.69) is 5.32 Å². The molecular weight excluding hydrogens is 274 g/mol. The number of hydrogen-bond acceptors (Lipinski definition) is 3. The van der Waals surface area contributed by atoms with E-state index in [1.54, 1.807) is 11.8 Å². The van der Waals surface area contributed by atoms with E-state index in [9.17, 15) is 13.9 Å². The molecule has 0 bridgehead atoms. The summed E-state index contributed by atoms with van der Waals surface area (Å²) in [6, 6.07) is 3.04. The van der Waals surface area contributed by atoms with Gasteiger partial charge in [0.1, 0.15) is 17.3 Å². The molecule has 1 aliphatic rings. The Labute approximate surface area is 125 Å². The van der Waals surface area contributed by atoms with Crippen LogP contribution in [0.3, 0.4) is 0 Å². The third-order valence-electron chi connectivity index (χ3n) is 3.95. The number of anilines is 1. The second-order valence-corrected chi connectivity index (χ2v) is 6.43. The molecule has 2 N–H and O–H groups in total. The molecule has 5 heteroatoms. The van der Waals surface area contributed by atoms with Crippen molar-refractivity contribution in [2.45, 2.75) is 51.8 Å². The maximum atomic E-state index is 14.2. The second-order valence-electron chi connectivity index (χ2n) is 6.43. The number of aliphatic hydroxyl groups is 1. The van der Waals surface area contributed by atoms with E-state index in [0.717, 1.165) is 0 Å². The molecule has 1 fully saturated rings. The van der Waals surface area contributed by atoms with Gasteiger partial charge in [0.25, 0.3) is 0 Å². The van der Waals surface area contributed by atoms with E-state index in [1.807, 2.05) is 13.8 Å². The summed E-state index contributed by atoms with van der Waals surface area (Å²) >= 11 is 0. The number of rotatable bonds is 4. The molecule has 118 valence electrons. The van der Waals surface area contributed by atoms with E-state index in [1.165, 1.54) is 12.1 Å². The highest BCUT2D eigenvalue weighted by Crippen LogP contribution is 2.30. The maximum absolute atomic E-state index is 14.2. The Morgan fingerprint density at radius 3 is 2.24 bits per heavy atom. The van der Waals surface area contributed by atoms with Crippen molar-refractivity contribution in [1.82, 2.24) is 5.32 Å². The van der Waals surface area contributed by atoms with Crippen molar-refractivity contribution in [3.05, 3.63) is 29.3 Å². The lowest BCUT2D eigenvalue weighted by Gasteiger charge is -2.37. The molecule has 0 aromatic heterocycles. The molecule has 0 unspecified atom stereocenters. The van der Waals surface area contributed by atoms with Crippen LogP contribution < -0.4 is 10.2 Å². The van der Waals surface area contributed by atoms with E-state index in [-0.39, 0.29) is 11.7 Å². The summed E-state index contributed by atoms with van der Waals surface area (Å²) in [7, 11) is 0. The van der Waals surface area contributed by atoms with E-state index in [0.29, 0.717) is 38.0 Å². The van der Waals surface area contributed by atoms with Crippen LogP contribution in [-0.4, -0.2) is 29.8 Å². The first-order chi connectivity index (χ1) is 9.78. The molecule has 21 heavy (non-hydrogen) atoms. The quantitative estimate of drug-likeness (QED) is 0.897. The molecule has 3 nitrogen and oxygen atoms in total. The number of nitrogens with zero attached hydrogens (tertiary/aromatic N) is 1. The smallest absolute Gasteiger partial charge is 0.149 e. The zero-order valence-corrected chi connectivity index (χ0v) is 12.9. The highest BCUT2D eigenvalue weighted by molar-refractivity contribution is 5.51. The van der Waals surface area contributed by atoms with Crippen molar-refractivity contribution in [1.29, 1.82) is 0 Å². The van der Waals surface area contributed by atoms with Crippen molar-refractivity contribution in [3.8, 4) is 0 Å². The summed E-state index contributed by atoms with van der Waals surface area (Å²) in [6.45, 7) is 7.11. The Bertz CT molecular complexity index is 470. The largest absolute Gasteiger partial charge is 0.390 e. The molecule has 1 aromatic carbocycles. The standard InChI is InChI=1S/C16H24F2N2O/c1-11(2)19-10-12-8-13(17)15(14(18)9-12)20-6-4-16(3,21)5-7-20/h8-9,11,19,21H,4-7,10H2,1-3H3. The monoisotopic (exact) mass is 298 g/mol. The van der Waals surface area contributed by atoms with Crippen LogP contribution in [0.5, 0.6) is 0 Å². The Hall–Kier alpha value is -1.20. The summed E-state index contributed by atoms with van der Waals surface area (Å²) in [5.41, 5.74) is -0.102. The number of nitrogens with one attached hydrogen (secondary N) is 1. The molecule has 2 rings (SSSR count). The third kappa shape index (κ3) is 4.14. The summed E-state index contributed by atoms with van der Waals surface area (Å²) in [6.07, 6.45) is 1.03. The van der Waals surface area contributed by atoms with Gasteiger partial charge in [0.05, 0.1) is 5.60 Å². The Morgan fingerprint density at radius 2 is 1.76 bits per heavy atom. The molecule has 1 heterocycles. The van der Waals surface area contributed by atoms with Crippen LogP contribution >= 0.6 is 0 Å². The summed E-state index contributed by atoms with van der Waals surface area (Å²) in [5, 5.41) is 13.1. The first-order valence-electron chi connectivity index (χ1n) is 7.47. The summed E-state index contributed by atoms with van der Waals surface area (Å²) < 4.78 is 28.5. The van der Waals surface area contributed by atoms with Gasteiger partial charge in [-0.25, -0.2) is 8.78 Å². The van der Waals surface area contributed by atoms with Crippen LogP contribution in [0, 0.1) is 11.6 Å². The minimum atomic E-state index is -0.732. The lowest BCUT2D eigenvalue weighted by atomic mass is 9.93. The van der Waals surface area contributed by atoms with Gasteiger partial charge in [-0.15, -0.1) is 0 Å². The maximum Gasteiger partial charge on any atom is 0.149 e. The van der Waals surface area contributed by atoms with Crippen molar-refractivity contribution in [2.24, 2.45) is 0 Å². The molecule has 0 aliphatic carbocycles. The number of benzene rings is 1. The van der Waals surface area contributed by atoms with Gasteiger partial charge in [0.2, 0.25) is 0 Å². The summed E-state index contributed by atoms with van der Waals surface area (Å²) in [5.74, 6) is -1.06. The van der Waals surface area contributed by atoms with Gasteiger partial charge < -0.3 is 15.3 Å². The highest BCUT2D eigenvalue weighted by atomic mass is 19.1. The van der Waals surface area contributed by atoms with Gasteiger partial charge in [-0.3, -0.25) is 0 Å². The first kappa shape index (κ1) is 16.2. The Kier molecular flexibility index (Phi) is 4.84. The lowest BCUT2D eigenvalue weighted by Crippen LogP contribution is -2.43. The molecule has 0 amide bonds. The number of halogens is 2. The van der Waals surface area contributed by atoms with Crippen LogP contribution in [0.25, 0.3) is 0 Å². The zero-order valence-electron chi connectivity index (χ0n) is 12.9. The van der Waals surface area contributed by atoms with Crippen molar-refractivity contribution >= 4 is 5.69 Å². The van der Waals surface area contributed by atoms with E-state index < -0.39 is 17.2 Å². The average molecular weight is 298 g/mol.